The molecule has 0 aliphatic rings. The monoisotopic (exact) mass is 785 g/mol. The van der Waals surface area contributed by atoms with Gasteiger partial charge in [0.05, 0.1) is 11.8 Å². The highest BCUT2D eigenvalue weighted by molar-refractivity contribution is 14.1. The molecule has 45 heavy (non-hydrogen) atoms. The van der Waals surface area contributed by atoms with Gasteiger partial charge in [-0.05, 0) is 58.3 Å². The third-order valence-electron chi connectivity index (χ3n) is 6.77. The van der Waals surface area contributed by atoms with Gasteiger partial charge in [-0.25, -0.2) is 19.0 Å². The maximum absolute atomic E-state index is 15.4. The molecule has 0 fully saturated rings. The van der Waals surface area contributed by atoms with Crippen molar-refractivity contribution in [2.75, 3.05) is 38.5 Å². The molecule has 0 radical (unpaired) electrons. The van der Waals surface area contributed by atoms with Gasteiger partial charge in [0.15, 0.2) is 29.8 Å². The van der Waals surface area contributed by atoms with Crippen molar-refractivity contribution in [3.8, 4) is 17.1 Å². The Labute approximate surface area is 277 Å². The van der Waals surface area contributed by atoms with Gasteiger partial charge in [-0.2, -0.15) is 18.3 Å². The van der Waals surface area contributed by atoms with E-state index in [1.807, 2.05) is 29.5 Å². The Kier molecular flexibility index (Phi) is 13.2. The average Bonchev–Trinajstić information content (AvgIpc) is 3.23. The summed E-state index contributed by atoms with van der Waals surface area (Å²) in [6, 6.07) is 3.81. The van der Waals surface area contributed by atoms with E-state index >= 15 is 4.39 Å². The summed E-state index contributed by atoms with van der Waals surface area (Å²) in [5.41, 5.74) is -0.0485. The topological polar surface area (TPSA) is 104 Å². The highest BCUT2D eigenvalue weighted by atomic mass is 127. The number of ether oxygens (including phenoxy) is 3. The van der Waals surface area contributed by atoms with Crippen LogP contribution in [0.15, 0.2) is 12.1 Å². The molecule has 16 heteroatoms. The molecule has 1 aromatic carbocycles. The zero-order valence-electron chi connectivity index (χ0n) is 26.9. The first-order valence-electron chi connectivity index (χ1n) is 14.8. The predicted molar refractivity (Wildman–Crippen MR) is 182 cm³/mol. The lowest BCUT2D eigenvalue weighted by molar-refractivity contribution is -0.127. The summed E-state index contributed by atoms with van der Waals surface area (Å²) in [7, 11) is -2.71. The Balaban J connectivity index is 2.05. The van der Waals surface area contributed by atoms with Crippen LogP contribution in [0, 0.1) is 15.4 Å². The van der Waals surface area contributed by atoms with Gasteiger partial charge < -0.3 is 24.6 Å². The van der Waals surface area contributed by atoms with Crippen LogP contribution in [0.25, 0.3) is 22.4 Å². The summed E-state index contributed by atoms with van der Waals surface area (Å²) in [5.74, 6) is -1.16. The van der Waals surface area contributed by atoms with Gasteiger partial charge in [0.1, 0.15) is 16.2 Å². The van der Waals surface area contributed by atoms with Crippen LogP contribution in [0.3, 0.4) is 0 Å². The zero-order valence-corrected chi connectivity index (χ0v) is 31.1. The minimum absolute atomic E-state index is 0.0706. The molecule has 2 N–H and O–H groups in total. The van der Waals surface area contributed by atoms with E-state index in [-0.39, 0.29) is 48.7 Å². The molecule has 3 rings (SSSR count). The molecule has 0 spiro atoms. The van der Waals surface area contributed by atoms with E-state index < -0.39 is 34.6 Å². The second kappa shape index (κ2) is 15.8. The van der Waals surface area contributed by atoms with E-state index in [1.165, 1.54) is 4.68 Å². The first-order chi connectivity index (χ1) is 20.9. The van der Waals surface area contributed by atoms with E-state index in [9.17, 15) is 18.3 Å². The number of hydrogen-bond donors (Lipinski definition) is 2. The van der Waals surface area contributed by atoms with E-state index in [4.69, 9.17) is 14.2 Å². The lowest BCUT2D eigenvalue weighted by Gasteiger charge is -2.18. The summed E-state index contributed by atoms with van der Waals surface area (Å²) in [6.45, 7) is 16.1. The van der Waals surface area contributed by atoms with Crippen molar-refractivity contribution in [1.82, 2.24) is 19.7 Å². The van der Waals surface area contributed by atoms with Crippen molar-refractivity contribution in [2.24, 2.45) is 5.92 Å². The largest absolute Gasteiger partial charge is 0.464 e. The third-order valence-corrected chi connectivity index (χ3v) is 10.9. The molecule has 0 amide bonds. The summed E-state index contributed by atoms with van der Waals surface area (Å²) in [6.07, 6.45) is -5.95. The molecular formula is C29H44F4IN5O4Si2. The fourth-order valence-corrected chi connectivity index (χ4v) is 6.32. The molecule has 0 aliphatic carbocycles. The van der Waals surface area contributed by atoms with Gasteiger partial charge in [-0.15, -0.1) is 0 Å². The van der Waals surface area contributed by atoms with Gasteiger partial charge in [-0.1, -0.05) is 46.2 Å². The number of rotatable bonds is 17. The molecule has 9 nitrogen and oxygen atoms in total. The fourth-order valence-electron chi connectivity index (χ4n) is 4.05. The number of fused-ring (bicyclic) bond motifs is 1. The summed E-state index contributed by atoms with van der Waals surface area (Å²) in [4.78, 5) is 9.16. The molecule has 0 aliphatic heterocycles. The number of aliphatic hydroxyl groups excluding tert-OH is 1. The third kappa shape index (κ3) is 12.0. The zero-order chi connectivity index (χ0) is 33.6. The van der Waals surface area contributed by atoms with E-state index in [0.29, 0.717) is 40.3 Å². The molecule has 1 unspecified atom stereocenters. The van der Waals surface area contributed by atoms with Crippen LogP contribution in [-0.2, 0) is 22.6 Å². The fraction of sp³-hybridized carbons (Fsp3) is 0.621. The Hall–Kier alpha value is -1.87. The first kappa shape index (κ1) is 37.6. The molecule has 3 aromatic rings. The van der Waals surface area contributed by atoms with Gasteiger partial charge in [0.2, 0.25) is 0 Å². The van der Waals surface area contributed by atoms with Crippen molar-refractivity contribution >= 4 is 55.6 Å². The number of halogens is 5. The number of aliphatic hydroxyl groups is 1. The molecule has 2 aromatic heterocycles. The van der Waals surface area contributed by atoms with E-state index in [0.717, 1.165) is 24.2 Å². The number of nitrogens with one attached hydrogen (secondary N) is 1. The molecule has 2 heterocycles. The van der Waals surface area contributed by atoms with Gasteiger partial charge in [0, 0.05) is 48.1 Å². The first-order valence-corrected chi connectivity index (χ1v) is 23.3. The van der Waals surface area contributed by atoms with Crippen LogP contribution < -0.4 is 10.1 Å². The predicted octanol–water partition coefficient (Wildman–Crippen LogP) is 7.39. The summed E-state index contributed by atoms with van der Waals surface area (Å²) < 4.78 is 75.6. The summed E-state index contributed by atoms with van der Waals surface area (Å²) in [5, 5.41) is 17.8. The number of hydrogen-bond acceptors (Lipinski definition) is 8. The van der Waals surface area contributed by atoms with Crippen molar-refractivity contribution in [3.63, 3.8) is 0 Å². The maximum atomic E-state index is 15.4. The quantitative estimate of drug-likeness (QED) is 0.0481. The highest BCUT2D eigenvalue weighted by Crippen LogP contribution is 2.35. The molecular weight excluding hydrogens is 741 g/mol. The Morgan fingerprint density at radius 2 is 1.67 bits per heavy atom. The number of alkyl halides is 3. The highest BCUT2D eigenvalue weighted by Gasteiger charge is 2.31. The van der Waals surface area contributed by atoms with Gasteiger partial charge in [-0.3, -0.25) is 0 Å². The summed E-state index contributed by atoms with van der Waals surface area (Å²) >= 11 is 2.04. The molecule has 1 atom stereocenters. The van der Waals surface area contributed by atoms with Crippen LogP contribution >= 0.6 is 22.6 Å². The van der Waals surface area contributed by atoms with E-state index in [1.54, 1.807) is 0 Å². The Morgan fingerprint density at radius 3 is 2.27 bits per heavy atom. The van der Waals surface area contributed by atoms with Gasteiger partial charge >= 0.3 is 6.18 Å². The smallest absolute Gasteiger partial charge is 0.393 e. The van der Waals surface area contributed by atoms with Crippen molar-refractivity contribution in [2.45, 2.75) is 77.6 Å². The molecule has 0 saturated carbocycles. The van der Waals surface area contributed by atoms with Crippen LogP contribution in [0.5, 0.6) is 5.75 Å². The van der Waals surface area contributed by atoms with Crippen molar-refractivity contribution < 1.29 is 36.9 Å². The molecule has 0 bridgehead atoms. The van der Waals surface area contributed by atoms with Crippen LogP contribution in [0.1, 0.15) is 12.5 Å². The van der Waals surface area contributed by atoms with Crippen LogP contribution in [-0.4, -0.2) is 80.3 Å². The second-order valence-electron chi connectivity index (χ2n) is 13.6. The standard InChI is InChI=1S/C29H44F4IN5O4Si2/c1-19(16-40)15-35-27-24-25(34)38-39(17-41-8-10-44(2,3)4)28(24)37-26(36-27)21-13-22(30)23(12-20(21)14-29(31,32)33)43-18-42-9-11-45(5,6)7/h12-13,19,40H,8-11,14-18H2,1-7H3,(H,35,36,37). The van der Waals surface area contributed by atoms with Gasteiger partial charge in [0.25, 0.3) is 0 Å². The number of benzene rings is 1. The second-order valence-corrected chi connectivity index (χ2v) is 25.9. The Bertz CT molecular complexity index is 1430. The van der Waals surface area contributed by atoms with Crippen molar-refractivity contribution in [3.05, 3.63) is 27.2 Å². The molecule has 0 saturated heterocycles. The Morgan fingerprint density at radius 1 is 1.02 bits per heavy atom. The van der Waals surface area contributed by atoms with E-state index in [2.05, 4.69) is 59.7 Å². The molecule has 252 valence electrons. The SMILES string of the molecule is CC(CO)CNc1nc(-c2cc(F)c(OCOCC[Si](C)(C)C)cc2CC(F)(F)F)nc2c1c(I)nn2COCC[Si](C)(C)C. The van der Waals surface area contributed by atoms with Crippen LogP contribution in [0.4, 0.5) is 23.4 Å². The van der Waals surface area contributed by atoms with Crippen molar-refractivity contribution in [1.29, 1.82) is 0 Å². The minimum Gasteiger partial charge on any atom is -0.464 e. The number of aromatic nitrogens is 4. The average molecular weight is 786 g/mol. The van der Waals surface area contributed by atoms with Crippen LogP contribution in [0.2, 0.25) is 51.4 Å². The number of anilines is 1. The number of nitrogens with zero attached hydrogens (tertiary/aromatic N) is 4. The normalized spacial score (nSPS) is 13.4. The lowest BCUT2D eigenvalue weighted by Crippen LogP contribution is -2.22. The maximum Gasteiger partial charge on any atom is 0.393 e. The lowest BCUT2D eigenvalue weighted by atomic mass is 10.0. The minimum atomic E-state index is -4.60.